The second-order valence-electron chi connectivity index (χ2n) is 7.41. The summed E-state index contributed by atoms with van der Waals surface area (Å²) in [6.45, 7) is 3.39. The Balaban J connectivity index is 1.54. The standard InChI is InChI=1S/C25H21N3O/c1-18-15-20(8-9-23(18)19-10-12-26-13-11-19)25(29)28-17-22-6-4-14-27(22)16-21-5-2-3-7-24(21)28/h2-15H,16-17H2,1H3. The molecule has 2 aromatic carbocycles. The molecule has 0 atom stereocenters. The number of para-hydroxylation sites is 1. The maximum Gasteiger partial charge on any atom is 0.258 e. The normalized spacial score (nSPS) is 12.8. The van der Waals surface area contributed by atoms with E-state index in [2.05, 4.69) is 27.9 Å². The summed E-state index contributed by atoms with van der Waals surface area (Å²) in [6, 6.07) is 22.2. The van der Waals surface area contributed by atoms with Crippen LogP contribution >= 0.6 is 0 Å². The quantitative estimate of drug-likeness (QED) is 0.488. The molecule has 2 aromatic heterocycles. The van der Waals surface area contributed by atoms with E-state index in [1.165, 1.54) is 0 Å². The average molecular weight is 379 g/mol. The molecule has 0 spiro atoms. The van der Waals surface area contributed by atoms with Gasteiger partial charge in [0.1, 0.15) is 0 Å². The van der Waals surface area contributed by atoms with Crippen molar-refractivity contribution in [3.8, 4) is 11.1 Å². The molecule has 0 aliphatic carbocycles. The van der Waals surface area contributed by atoms with Crippen LogP contribution in [0.25, 0.3) is 11.1 Å². The third-order valence-corrected chi connectivity index (χ3v) is 5.58. The number of hydrogen-bond donors (Lipinski definition) is 0. The Bertz CT molecular complexity index is 1190. The van der Waals surface area contributed by atoms with Gasteiger partial charge in [-0.25, -0.2) is 0 Å². The average Bonchev–Trinajstić information content (AvgIpc) is 3.13. The van der Waals surface area contributed by atoms with Gasteiger partial charge in [-0.15, -0.1) is 0 Å². The number of hydrogen-bond acceptors (Lipinski definition) is 2. The van der Waals surface area contributed by atoms with Gasteiger partial charge in [0.2, 0.25) is 0 Å². The van der Waals surface area contributed by atoms with E-state index in [4.69, 9.17) is 0 Å². The zero-order chi connectivity index (χ0) is 19.8. The van der Waals surface area contributed by atoms with E-state index < -0.39 is 0 Å². The Hall–Kier alpha value is -3.66. The fourth-order valence-electron chi connectivity index (χ4n) is 4.07. The molecule has 0 N–H and O–H groups in total. The Labute approximate surface area is 170 Å². The highest BCUT2D eigenvalue weighted by molar-refractivity contribution is 6.07. The maximum atomic E-state index is 13.6. The van der Waals surface area contributed by atoms with Crippen molar-refractivity contribution in [3.63, 3.8) is 0 Å². The monoisotopic (exact) mass is 379 g/mol. The molecular weight excluding hydrogens is 358 g/mol. The minimum absolute atomic E-state index is 0.0245. The Morgan fingerprint density at radius 1 is 0.931 bits per heavy atom. The molecule has 0 saturated heterocycles. The summed E-state index contributed by atoms with van der Waals surface area (Å²) in [6.07, 6.45) is 5.65. The highest BCUT2D eigenvalue weighted by Crippen LogP contribution is 2.30. The number of nitrogens with zero attached hydrogens (tertiary/aromatic N) is 3. The van der Waals surface area contributed by atoms with Gasteiger partial charge in [-0.05, 0) is 71.6 Å². The predicted molar refractivity (Wildman–Crippen MR) is 115 cm³/mol. The SMILES string of the molecule is Cc1cc(C(=O)N2Cc3cccn3Cc3ccccc32)ccc1-c1ccncc1. The lowest BCUT2D eigenvalue weighted by Crippen LogP contribution is -2.30. The number of anilines is 1. The molecule has 142 valence electrons. The number of aromatic nitrogens is 2. The van der Waals surface area contributed by atoms with Crippen molar-refractivity contribution in [2.75, 3.05) is 4.90 Å². The van der Waals surface area contributed by atoms with Gasteiger partial charge in [-0.3, -0.25) is 9.78 Å². The van der Waals surface area contributed by atoms with Gasteiger partial charge in [0.05, 0.1) is 6.54 Å². The first kappa shape index (κ1) is 17.4. The molecule has 4 aromatic rings. The zero-order valence-corrected chi connectivity index (χ0v) is 16.2. The Morgan fingerprint density at radius 2 is 1.76 bits per heavy atom. The van der Waals surface area contributed by atoms with Crippen molar-refractivity contribution in [1.82, 2.24) is 9.55 Å². The van der Waals surface area contributed by atoms with Crippen LogP contribution in [0, 0.1) is 6.92 Å². The van der Waals surface area contributed by atoms with Gasteiger partial charge in [0, 0.05) is 42.1 Å². The molecule has 4 nitrogen and oxygen atoms in total. The second-order valence-corrected chi connectivity index (χ2v) is 7.41. The summed E-state index contributed by atoms with van der Waals surface area (Å²) in [4.78, 5) is 19.5. The number of benzene rings is 2. The first-order valence-corrected chi connectivity index (χ1v) is 9.75. The molecule has 5 rings (SSSR count). The highest BCUT2D eigenvalue weighted by Gasteiger charge is 2.25. The summed E-state index contributed by atoms with van der Waals surface area (Å²) in [5.41, 5.74) is 7.28. The van der Waals surface area contributed by atoms with E-state index >= 15 is 0 Å². The molecule has 0 bridgehead atoms. The van der Waals surface area contributed by atoms with Gasteiger partial charge < -0.3 is 9.47 Å². The molecule has 0 radical (unpaired) electrons. The largest absolute Gasteiger partial charge is 0.345 e. The predicted octanol–water partition coefficient (Wildman–Crippen LogP) is 5.07. The smallest absolute Gasteiger partial charge is 0.258 e. The summed E-state index contributed by atoms with van der Waals surface area (Å²) in [5, 5.41) is 0. The second kappa shape index (κ2) is 7.06. The van der Waals surface area contributed by atoms with Gasteiger partial charge in [-0.1, -0.05) is 24.3 Å². The molecular formula is C25H21N3O. The third kappa shape index (κ3) is 3.13. The molecule has 1 aliphatic rings. The highest BCUT2D eigenvalue weighted by atomic mass is 16.2. The summed E-state index contributed by atoms with van der Waals surface area (Å²) < 4.78 is 2.21. The van der Waals surface area contributed by atoms with Crippen molar-refractivity contribution in [2.24, 2.45) is 0 Å². The van der Waals surface area contributed by atoms with Crippen molar-refractivity contribution in [3.05, 3.63) is 108 Å². The first-order valence-electron chi connectivity index (χ1n) is 9.75. The van der Waals surface area contributed by atoms with Crippen molar-refractivity contribution < 1.29 is 4.79 Å². The molecule has 3 heterocycles. The molecule has 0 unspecified atom stereocenters. The van der Waals surface area contributed by atoms with Crippen LogP contribution in [0.5, 0.6) is 0 Å². The molecule has 1 aliphatic heterocycles. The summed E-state index contributed by atoms with van der Waals surface area (Å²) in [5.74, 6) is 0.0245. The van der Waals surface area contributed by atoms with E-state index in [0.29, 0.717) is 12.1 Å². The van der Waals surface area contributed by atoms with Gasteiger partial charge in [-0.2, -0.15) is 0 Å². The van der Waals surface area contributed by atoms with E-state index in [0.717, 1.165) is 40.2 Å². The number of carbonyl (C=O) groups excluding carboxylic acids is 1. The summed E-state index contributed by atoms with van der Waals surface area (Å²) >= 11 is 0. The summed E-state index contributed by atoms with van der Waals surface area (Å²) in [7, 11) is 0. The van der Waals surface area contributed by atoms with Gasteiger partial charge in [0.25, 0.3) is 5.91 Å². The van der Waals surface area contributed by atoms with E-state index in [1.807, 2.05) is 66.4 Å². The van der Waals surface area contributed by atoms with E-state index in [1.54, 1.807) is 12.4 Å². The number of rotatable bonds is 2. The first-order chi connectivity index (χ1) is 14.2. The molecule has 0 saturated carbocycles. The lowest BCUT2D eigenvalue weighted by atomic mass is 9.98. The van der Waals surface area contributed by atoms with E-state index in [9.17, 15) is 4.79 Å². The van der Waals surface area contributed by atoms with Crippen molar-refractivity contribution in [2.45, 2.75) is 20.0 Å². The van der Waals surface area contributed by atoms with Gasteiger partial charge >= 0.3 is 0 Å². The van der Waals surface area contributed by atoms with Crippen LogP contribution in [0.3, 0.4) is 0 Å². The van der Waals surface area contributed by atoms with Crippen LogP contribution in [-0.2, 0) is 13.1 Å². The number of aryl methyl sites for hydroxylation is 1. The Kier molecular flexibility index (Phi) is 4.24. The van der Waals surface area contributed by atoms with Crippen LogP contribution in [0.15, 0.2) is 85.3 Å². The van der Waals surface area contributed by atoms with Crippen LogP contribution in [0.2, 0.25) is 0 Å². The number of pyridine rings is 1. The topological polar surface area (TPSA) is 38.1 Å². The fraction of sp³-hybridized carbons (Fsp3) is 0.120. The molecule has 4 heteroatoms. The number of carbonyl (C=O) groups is 1. The lowest BCUT2D eigenvalue weighted by Gasteiger charge is -2.23. The fourth-order valence-corrected chi connectivity index (χ4v) is 4.07. The number of amides is 1. The van der Waals surface area contributed by atoms with Crippen molar-refractivity contribution >= 4 is 11.6 Å². The minimum Gasteiger partial charge on any atom is -0.345 e. The lowest BCUT2D eigenvalue weighted by molar-refractivity contribution is 0.0985. The van der Waals surface area contributed by atoms with Crippen LogP contribution in [0.1, 0.15) is 27.2 Å². The number of fused-ring (bicyclic) bond motifs is 2. The maximum absolute atomic E-state index is 13.6. The van der Waals surface area contributed by atoms with Crippen LogP contribution < -0.4 is 4.90 Å². The molecule has 1 amide bonds. The van der Waals surface area contributed by atoms with Crippen LogP contribution in [0.4, 0.5) is 5.69 Å². The molecule has 29 heavy (non-hydrogen) atoms. The van der Waals surface area contributed by atoms with E-state index in [-0.39, 0.29) is 5.91 Å². The van der Waals surface area contributed by atoms with Crippen molar-refractivity contribution in [1.29, 1.82) is 0 Å². The molecule has 0 fully saturated rings. The van der Waals surface area contributed by atoms with Crippen LogP contribution in [-0.4, -0.2) is 15.5 Å². The van der Waals surface area contributed by atoms with Gasteiger partial charge in [0.15, 0.2) is 0 Å². The Morgan fingerprint density at radius 3 is 2.59 bits per heavy atom. The zero-order valence-electron chi connectivity index (χ0n) is 16.2. The third-order valence-electron chi connectivity index (χ3n) is 5.58. The minimum atomic E-state index is 0.0245.